The van der Waals surface area contributed by atoms with Crippen molar-refractivity contribution < 1.29 is 28.6 Å². The number of nitrogens with one attached hydrogen (secondary N) is 1. The van der Waals surface area contributed by atoms with Crippen molar-refractivity contribution in [1.82, 2.24) is 4.90 Å². The average molecular weight is 388 g/mol. The molecule has 0 aliphatic carbocycles. The lowest BCUT2D eigenvalue weighted by atomic mass is 9.90. The van der Waals surface area contributed by atoms with E-state index < -0.39 is 23.9 Å². The first-order valence-electron chi connectivity index (χ1n) is 8.72. The zero-order chi connectivity index (χ0) is 20.3. The number of carbonyl (C=O) groups is 2. The van der Waals surface area contributed by atoms with Gasteiger partial charge in [0.2, 0.25) is 0 Å². The Bertz CT molecular complexity index is 902. The Balaban J connectivity index is 1.94. The van der Waals surface area contributed by atoms with Crippen LogP contribution in [0.25, 0.3) is 0 Å². The number of amides is 2. The van der Waals surface area contributed by atoms with Crippen molar-refractivity contribution in [2.75, 3.05) is 26.1 Å². The van der Waals surface area contributed by atoms with Crippen LogP contribution in [0.3, 0.4) is 0 Å². The van der Waals surface area contributed by atoms with Crippen LogP contribution in [0, 0.1) is 5.82 Å². The van der Waals surface area contributed by atoms with Crippen molar-refractivity contribution in [3.05, 3.63) is 53.3 Å². The fourth-order valence-electron chi connectivity index (χ4n) is 3.42. The van der Waals surface area contributed by atoms with Gasteiger partial charge < -0.3 is 24.8 Å². The third-order valence-electron chi connectivity index (χ3n) is 4.71. The summed E-state index contributed by atoms with van der Waals surface area (Å²) in [6, 6.07) is 7.89. The van der Waals surface area contributed by atoms with Crippen LogP contribution in [0.4, 0.5) is 14.9 Å². The zero-order valence-corrected chi connectivity index (χ0v) is 15.6. The van der Waals surface area contributed by atoms with Gasteiger partial charge in [-0.05, 0) is 47.9 Å². The number of nitrogens with zero attached hydrogens (tertiary/aromatic N) is 1. The number of hydrogen-bond acceptors (Lipinski definition) is 4. The molecular weight excluding hydrogens is 367 g/mol. The average Bonchev–Trinajstić information content (AvgIpc) is 2.66. The Kier molecular flexibility index (Phi) is 5.67. The Morgan fingerprint density at radius 1 is 1.21 bits per heavy atom. The van der Waals surface area contributed by atoms with E-state index in [2.05, 4.69) is 5.32 Å². The van der Waals surface area contributed by atoms with E-state index in [1.807, 2.05) is 6.07 Å². The van der Waals surface area contributed by atoms with Crippen LogP contribution in [0.15, 0.2) is 36.4 Å². The van der Waals surface area contributed by atoms with Crippen LogP contribution >= 0.6 is 0 Å². The summed E-state index contributed by atoms with van der Waals surface area (Å²) in [5, 5.41) is 12.0. The number of benzene rings is 2. The van der Waals surface area contributed by atoms with Gasteiger partial charge in [0.05, 0.1) is 26.7 Å². The smallest absolute Gasteiger partial charge is 0.322 e. The molecule has 0 aromatic heterocycles. The minimum Gasteiger partial charge on any atom is -0.493 e. The molecule has 1 aliphatic rings. The molecule has 0 bridgehead atoms. The molecule has 1 heterocycles. The molecular formula is C20H21FN2O5. The summed E-state index contributed by atoms with van der Waals surface area (Å²) in [7, 11) is 3.02. The van der Waals surface area contributed by atoms with Crippen molar-refractivity contribution in [3.63, 3.8) is 0 Å². The maximum absolute atomic E-state index is 13.4. The third kappa shape index (κ3) is 4.00. The first-order chi connectivity index (χ1) is 13.4. The first kappa shape index (κ1) is 19.5. The number of carboxylic acid groups (broad SMARTS) is 1. The van der Waals surface area contributed by atoms with E-state index in [-0.39, 0.29) is 6.42 Å². The number of hydrogen-bond donors (Lipinski definition) is 2. The lowest BCUT2D eigenvalue weighted by Gasteiger charge is -2.37. The van der Waals surface area contributed by atoms with E-state index >= 15 is 0 Å². The van der Waals surface area contributed by atoms with Crippen LogP contribution in [-0.4, -0.2) is 42.8 Å². The molecule has 148 valence electrons. The first-order valence-corrected chi connectivity index (χ1v) is 8.72. The van der Waals surface area contributed by atoms with Crippen LogP contribution < -0.4 is 14.8 Å². The second-order valence-corrected chi connectivity index (χ2v) is 6.40. The van der Waals surface area contributed by atoms with Gasteiger partial charge in [0.15, 0.2) is 11.5 Å². The summed E-state index contributed by atoms with van der Waals surface area (Å²) in [5.74, 6) is -0.492. The van der Waals surface area contributed by atoms with Gasteiger partial charge in [-0.25, -0.2) is 9.18 Å². The SMILES string of the molecule is COc1cc2c(cc1OC)C(CC(=O)O)N(C(=O)Nc1cccc(F)c1)CC2. The fraction of sp³-hybridized carbons (Fsp3) is 0.300. The molecule has 1 aliphatic heterocycles. The number of rotatable bonds is 5. The van der Waals surface area contributed by atoms with Crippen molar-refractivity contribution >= 4 is 17.7 Å². The highest BCUT2D eigenvalue weighted by Gasteiger charge is 2.33. The van der Waals surface area contributed by atoms with Crippen LogP contribution in [-0.2, 0) is 11.2 Å². The van der Waals surface area contributed by atoms with Crippen molar-refractivity contribution in [2.45, 2.75) is 18.9 Å². The van der Waals surface area contributed by atoms with Gasteiger partial charge in [0.1, 0.15) is 5.82 Å². The molecule has 0 fully saturated rings. The van der Waals surface area contributed by atoms with Gasteiger partial charge in [-0.15, -0.1) is 0 Å². The molecule has 2 aromatic carbocycles. The van der Waals surface area contributed by atoms with E-state index in [0.717, 1.165) is 5.56 Å². The van der Waals surface area contributed by atoms with Crippen LogP contribution in [0.2, 0.25) is 0 Å². The number of methoxy groups -OCH3 is 2. The van der Waals surface area contributed by atoms with Gasteiger partial charge in [0, 0.05) is 12.2 Å². The summed E-state index contributed by atoms with van der Waals surface area (Å²) in [6.45, 7) is 0.321. The highest BCUT2D eigenvalue weighted by molar-refractivity contribution is 5.90. The molecule has 7 nitrogen and oxygen atoms in total. The van der Waals surface area contributed by atoms with Crippen molar-refractivity contribution in [3.8, 4) is 11.5 Å². The summed E-state index contributed by atoms with van der Waals surface area (Å²) in [4.78, 5) is 25.7. The number of carbonyl (C=O) groups excluding carboxylic acids is 1. The van der Waals surface area contributed by atoms with Gasteiger partial charge in [-0.1, -0.05) is 6.07 Å². The maximum Gasteiger partial charge on any atom is 0.322 e. The highest BCUT2D eigenvalue weighted by Crippen LogP contribution is 2.39. The molecule has 1 unspecified atom stereocenters. The summed E-state index contributed by atoms with van der Waals surface area (Å²) in [5.41, 5.74) is 1.90. The lowest BCUT2D eigenvalue weighted by molar-refractivity contribution is -0.138. The fourth-order valence-corrected chi connectivity index (χ4v) is 3.42. The molecule has 28 heavy (non-hydrogen) atoms. The Hall–Kier alpha value is -3.29. The topological polar surface area (TPSA) is 88.1 Å². The molecule has 0 spiro atoms. The molecule has 8 heteroatoms. The van der Waals surface area contributed by atoms with E-state index in [1.54, 1.807) is 12.1 Å². The number of fused-ring (bicyclic) bond motifs is 1. The molecule has 1 atom stereocenters. The number of ether oxygens (including phenoxy) is 2. The second-order valence-electron chi connectivity index (χ2n) is 6.40. The number of halogens is 1. The number of aliphatic carboxylic acids is 1. The van der Waals surface area contributed by atoms with Gasteiger partial charge in [-0.2, -0.15) is 0 Å². The lowest BCUT2D eigenvalue weighted by Crippen LogP contribution is -2.43. The molecule has 2 amide bonds. The normalized spacial score (nSPS) is 15.5. The standard InChI is InChI=1S/C20H21FN2O5/c1-27-17-8-12-6-7-23(20(26)22-14-5-3-4-13(21)9-14)16(11-19(24)25)15(12)10-18(17)28-2/h3-5,8-10,16H,6-7,11H2,1-2H3,(H,22,26)(H,24,25). The summed E-state index contributed by atoms with van der Waals surface area (Å²) in [6.07, 6.45) is 0.265. The molecule has 0 saturated heterocycles. The van der Waals surface area contributed by atoms with E-state index in [0.29, 0.717) is 35.7 Å². The summed E-state index contributed by atoms with van der Waals surface area (Å²) >= 11 is 0. The molecule has 3 rings (SSSR count). The monoisotopic (exact) mass is 388 g/mol. The van der Waals surface area contributed by atoms with Crippen LogP contribution in [0.5, 0.6) is 11.5 Å². The minimum absolute atomic E-state index is 0.265. The highest BCUT2D eigenvalue weighted by atomic mass is 19.1. The predicted molar refractivity (Wildman–Crippen MR) is 100 cm³/mol. The molecule has 0 saturated carbocycles. The Morgan fingerprint density at radius 2 is 1.93 bits per heavy atom. The largest absolute Gasteiger partial charge is 0.493 e. The number of anilines is 1. The quantitative estimate of drug-likeness (QED) is 0.819. The number of carboxylic acids is 1. The zero-order valence-electron chi connectivity index (χ0n) is 15.6. The van der Waals surface area contributed by atoms with E-state index in [1.165, 1.54) is 37.3 Å². The number of urea groups is 1. The Labute approximate surface area is 161 Å². The molecule has 2 aromatic rings. The molecule has 2 N–H and O–H groups in total. The third-order valence-corrected chi connectivity index (χ3v) is 4.71. The summed E-state index contributed by atoms with van der Waals surface area (Å²) < 4.78 is 24.0. The van der Waals surface area contributed by atoms with Gasteiger partial charge >= 0.3 is 12.0 Å². The Morgan fingerprint density at radius 3 is 2.57 bits per heavy atom. The van der Waals surface area contributed by atoms with Gasteiger partial charge in [0.25, 0.3) is 0 Å². The van der Waals surface area contributed by atoms with Crippen LogP contribution in [0.1, 0.15) is 23.6 Å². The predicted octanol–water partition coefficient (Wildman–Crippen LogP) is 3.45. The second kappa shape index (κ2) is 8.16. The van der Waals surface area contributed by atoms with Crippen molar-refractivity contribution in [2.24, 2.45) is 0 Å². The van der Waals surface area contributed by atoms with E-state index in [4.69, 9.17) is 9.47 Å². The van der Waals surface area contributed by atoms with Crippen molar-refractivity contribution in [1.29, 1.82) is 0 Å². The minimum atomic E-state index is -1.03. The van der Waals surface area contributed by atoms with Gasteiger partial charge in [-0.3, -0.25) is 4.79 Å². The van der Waals surface area contributed by atoms with E-state index in [9.17, 15) is 19.1 Å². The maximum atomic E-state index is 13.4. The molecule has 0 radical (unpaired) electrons.